The first-order valence-corrected chi connectivity index (χ1v) is 10.5. The third-order valence-corrected chi connectivity index (χ3v) is 5.09. The van der Waals surface area contributed by atoms with Gasteiger partial charge in [-0.2, -0.15) is 0 Å². The molecule has 1 aromatic carbocycles. The van der Waals surface area contributed by atoms with Gasteiger partial charge in [-0.15, -0.1) is 0 Å². The van der Waals surface area contributed by atoms with Gasteiger partial charge >= 0.3 is 0 Å². The average molecular weight is 398 g/mol. The van der Waals surface area contributed by atoms with Crippen LogP contribution in [-0.4, -0.2) is 48.1 Å². The van der Waals surface area contributed by atoms with E-state index in [1.807, 2.05) is 19.1 Å². The number of benzene rings is 1. The predicted molar refractivity (Wildman–Crippen MR) is 113 cm³/mol. The molecule has 6 nitrogen and oxygen atoms in total. The summed E-state index contributed by atoms with van der Waals surface area (Å²) in [5.41, 5.74) is 1.57. The first-order chi connectivity index (χ1) is 14.2. The van der Waals surface area contributed by atoms with Crippen molar-refractivity contribution in [3.63, 3.8) is 0 Å². The average Bonchev–Trinajstić information content (AvgIpc) is 2.75. The molecule has 3 rings (SSSR count). The zero-order valence-electron chi connectivity index (χ0n) is 17.4. The highest BCUT2D eigenvalue weighted by molar-refractivity contribution is 5.95. The number of carbonyl (C=O) groups is 1. The van der Waals surface area contributed by atoms with Gasteiger partial charge in [0, 0.05) is 42.7 Å². The third-order valence-electron chi connectivity index (χ3n) is 5.09. The van der Waals surface area contributed by atoms with E-state index < -0.39 is 0 Å². The van der Waals surface area contributed by atoms with Crippen LogP contribution in [0.5, 0.6) is 11.5 Å². The lowest BCUT2D eigenvalue weighted by Crippen LogP contribution is -2.44. The highest BCUT2D eigenvalue weighted by Gasteiger charge is 2.21. The minimum atomic E-state index is -0.0568. The van der Waals surface area contributed by atoms with Crippen molar-refractivity contribution in [2.24, 2.45) is 0 Å². The summed E-state index contributed by atoms with van der Waals surface area (Å²) in [5.74, 6) is 1.15. The van der Waals surface area contributed by atoms with Crippen molar-refractivity contribution >= 4 is 5.91 Å². The molecule has 6 heteroatoms. The highest BCUT2D eigenvalue weighted by atomic mass is 16.5. The van der Waals surface area contributed by atoms with Crippen LogP contribution in [0.3, 0.4) is 0 Å². The van der Waals surface area contributed by atoms with Crippen molar-refractivity contribution in [2.75, 3.05) is 26.2 Å². The summed E-state index contributed by atoms with van der Waals surface area (Å²) in [5, 5.41) is 3.17. The monoisotopic (exact) mass is 397 g/mol. The van der Waals surface area contributed by atoms with Crippen molar-refractivity contribution in [1.82, 2.24) is 15.2 Å². The molecule has 1 amide bonds. The Morgan fingerprint density at radius 1 is 1.17 bits per heavy atom. The van der Waals surface area contributed by atoms with E-state index in [-0.39, 0.29) is 11.9 Å². The van der Waals surface area contributed by atoms with E-state index in [0.717, 1.165) is 38.0 Å². The molecule has 1 aliphatic rings. The van der Waals surface area contributed by atoms with E-state index in [1.165, 1.54) is 6.42 Å². The van der Waals surface area contributed by atoms with Crippen LogP contribution in [0.4, 0.5) is 0 Å². The first kappa shape index (κ1) is 21.1. The second-order valence-electron chi connectivity index (χ2n) is 7.33. The van der Waals surface area contributed by atoms with E-state index in [1.54, 1.807) is 30.6 Å². The topological polar surface area (TPSA) is 63.7 Å². The Balaban J connectivity index is 1.60. The van der Waals surface area contributed by atoms with Gasteiger partial charge in [-0.1, -0.05) is 13.0 Å². The van der Waals surface area contributed by atoms with Crippen molar-refractivity contribution in [2.45, 2.75) is 45.8 Å². The number of ether oxygens (including phenoxy) is 2. The number of hydrogen-bond donors (Lipinski definition) is 1. The lowest BCUT2D eigenvalue weighted by Gasteiger charge is -2.32. The molecule has 0 spiro atoms. The number of amides is 1. The molecule has 2 heterocycles. The number of carbonyl (C=O) groups excluding carboxylic acids is 1. The predicted octanol–water partition coefficient (Wildman–Crippen LogP) is 3.66. The van der Waals surface area contributed by atoms with Crippen LogP contribution in [0.25, 0.3) is 0 Å². The summed E-state index contributed by atoms with van der Waals surface area (Å²) >= 11 is 0. The Bertz CT molecular complexity index is 774. The van der Waals surface area contributed by atoms with Gasteiger partial charge in [0.05, 0.1) is 6.61 Å². The van der Waals surface area contributed by atoms with Crippen LogP contribution in [0, 0.1) is 0 Å². The molecule has 2 aromatic rings. The molecule has 1 aromatic heterocycles. The summed E-state index contributed by atoms with van der Waals surface area (Å²) in [4.78, 5) is 19.3. The van der Waals surface area contributed by atoms with Crippen molar-refractivity contribution in [3.8, 4) is 11.5 Å². The molecular formula is C23H31N3O3. The van der Waals surface area contributed by atoms with Crippen molar-refractivity contribution in [3.05, 3.63) is 53.9 Å². The maximum Gasteiger partial charge on any atom is 0.251 e. The van der Waals surface area contributed by atoms with Gasteiger partial charge in [-0.05, 0) is 57.0 Å². The Morgan fingerprint density at radius 2 is 2.00 bits per heavy atom. The number of nitrogens with one attached hydrogen (secondary N) is 1. The van der Waals surface area contributed by atoms with Gasteiger partial charge in [0.15, 0.2) is 11.5 Å². The molecule has 0 atom stereocenters. The number of rotatable bonds is 9. The maximum atomic E-state index is 12.7. The van der Waals surface area contributed by atoms with Crippen molar-refractivity contribution in [1.29, 1.82) is 0 Å². The van der Waals surface area contributed by atoms with Crippen molar-refractivity contribution < 1.29 is 14.3 Å². The Hall–Kier alpha value is -2.60. The van der Waals surface area contributed by atoms with Gasteiger partial charge in [0.25, 0.3) is 5.91 Å². The molecule has 29 heavy (non-hydrogen) atoms. The standard InChI is InChI=1S/C23H31N3O3/c1-3-12-26-13-9-20(10-14-26)25-23(27)19-7-8-21(22(15-19)28-4-2)29-17-18-6-5-11-24-16-18/h5-8,11,15-16,20H,3-4,9-10,12-14,17H2,1-2H3,(H,25,27). The number of hydrogen-bond acceptors (Lipinski definition) is 5. The van der Waals surface area contributed by atoms with Gasteiger partial charge in [-0.3, -0.25) is 9.78 Å². The lowest BCUT2D eigenvalue weighted by molar-refractivity contribution is 0.0910. The summed E-state index contributed by atoms with van der Waals surface area (Å²) in [6.07, 6.45) is 6.67. The van der Waals surface area contributed by atoms with Gasteiger partial charge in [-0.25, -0.2) is 0 Å². The quantitative estimate of drug-likeness (QED) is 0.700. The van der Waals surface area contributed by atoms with Crippen LogP contribution in [0.1, 0.15) is 49.0 Å². The fourth-order valence-electron chi connectivity index (χ4n) is 3.57. The molecule has 1 aliphatic heterocycles. The molecular weight excluding hydrogens is 366 g/mol. The summed E-state index contributed by atoms with van der Waals surface area (Å²) in [6.45, 7) is 8.25. The van der Waals surface area contributed by atoms with Crippen LogP contribution in [0.2, 0.25) is 0 Å². The van der Waals surface area contributed by atoms with Crippen LogP contribution < -0.4 is 14.8 Å². The highest BCUT2D eigenvalue weighted by Crippen LogP contribution is 2.29. The molecule has 1 fully saturated rings. The van der Waals surface area contributed by atoms with Crippen LogP contribution >= 0.6 is 0 Å². The van der Waals surface area contributed by atoms with E-state index in [9.17, 15) is 4.79 Å². The maximum absolute atomic E-state index is 12.7. The Kier molecular flexibility index (Phi) is 7.87. The summed E-state index contributed by atoms with van der Waals surface area (Å²) < 4.78 is 11.6. The SMILES string of the molecule is CCCN1CCC(NC(=O)c2ccc(OCc3cccnc3)c(OCC)c2)CC1. The molecule has 0 saturated carbocycles. The number of likely N-dealkylation sites (tertiary alicyclic amines) is 1. The molecule has 1 N–H and O–H groups in total. The fraction of sp³-hybridized carbons (Fsp3) is 0.478. The zero-order valence-corrected chi connectivity index (χ0v) is 17.4. The second-order valence-corrected chi connectivity index (χ2v) is 7.33. The second kappa shape index (κ2) is 10.8. The number of aromatic nitrogens is 1. The first-order valence-electron chi connectivity index (χ1n) is 10.5. The molecule has 0 radical (unpaired) electrons. The molecule has 0 bridgehead atoms. The minimum Gasteiger partial charge on any atom is -0.490 e. The number of nitrogens with zero attached hydrogens (tertiary/aromatic N) is 2. The van der Waals surface area contributed by atoms with Gasteiger partial charge in [0.2, 0.25) is 0 Å². The summed E-state index contributed by atoms with van der Waals surface area (Å²) in [6, 6.07) is 9.43. The van der Waals surface area contributed by atoms with Gasteiger partial charge in [0.1, 0.15) is 6.61 Å². The molecule has 1 saturated heterocycles. The summed E-state index contributed by atoms with van der Waals surface area (Å²) in [7, 11) is 0. The zero-order chi connectivity index (χ0) is 20.5. The van der Waals surface area contributed by atoms with E-state index >= 15 is 0 Å². The smallest absolute Gasteiger partial charge is 0.251 e. The van der Waals surface area contributed by atoms with Crippen LogP contribution in [0.15, 0.2) is 42.7 Å². The van der Waals surface area contributed by atoms with E-state index in [2.05, 4.69) is 22.1 Å². The molecule has 0 unspecified atom stereocenters. The largest absolute Gasteiger partial charge is 0.490 e. The fourth-order valence-corrected chi connectivity index (χ4v) is 3.57. The Labute approximate surface area is 173 Å². The van der Waals surface area contributed by atoms with E-state index in [0.29, 0.717) is 30.3 Å². The third kappa shape index (κ3) is 6.19. The van der Waals surface area contributed by atoms with Gasteiger partial charge < -0.3 is 19.7 Å². The minimum absolute atomic E-state index is 0.0568. The van der Waals surface area contributed by atoms with E-state index in [4.69, 9.17) is 9.47 Å². The normalized spacial score (nSPS) is 15.1. The molecule has 156 valence electrons. The Morgan fingerprint density at radius 3 is 2.69 bits per heavy atom. The van der Waals surface area contributed by atoms with Crippen LogP contribution in [-0.2, 0) is 6.61 Å². The lowest BCUT2D eigenvalue weighted by atomic mass is 10.0. The number of piperidine rings is 1. The molecule has 0 aliphatic carbocycles. The number of pyridine rings is 1.